The van der Waals surface area contributed by atoms with E-state index in [1.165, 1.54) is 12.1 Å². The lowest BCUT2D eigenvalue weighted by molar-refractivity contribution is -0.274. The second-order valence-electron chi connectivity index (χ2n) is 5.14. The van der Waals surface area contributed by atoms with Gasteiger partial charge < -0.3 is 15.2 Å². The van der Waals surface area contributed by atoms with Gasteiger partial charge in [0.15, 0.2) is 5.75 Å². The lowest BCUT2D eigenvalue weighted by atomic mass is 10.1. The Bertz CT molecular complexity index is 482. The molecule has 1 fully saturated rings. The molecule has 1 aromatic rings. The summed E-state index contributed by atoms with van der Waals surface area (Å²) in [4.78, 5) is 0. The Morgan fingerprint density at radius 2 is 1.90 bits per heavy atom. The van der Waals surface area contributed by atoms with Gasteiger partial charge >= 0.3 is 6.36 Å². The summed E-state index contributed by atoms with van der Waals surface area (Å²) in [5.74, 6) is -0.298. The van der Waals surface area contributed by atoms with Crippen molar-refractivity contribution in [1.29, 1.82) is 0 Å². The number of alkyl halides is 3. The summed E-state index contributed by atoms with van der Waals surface area (Å²) < 4.78 is 41.9. The first kappa shape index (κ1) is 16.4. The number of ether oxygens (including phenoxy) is 1. The lowest BCUT2D eigenvalue weighted by Gasteiger charge is -2.24. The van der Waals surface area contributed by atoms with Crippen LogP contribution < -0.4 is 10.1 Å². The van der Waals surface area contributed by atoms with Crippen LogP contribution in [-0.2, 0) is 0 Å². The topological polar surface area (TPSA) is 41.5 Å². The van der Waals surface area contributed by atoms with Crippen molar-refractivity contribution in [2.75, 3.05) is 5.32 Å². The number of hydrogen-bond donors (Lipinski definition) is 2. The van der Waals surface area contributed by atoms with E-state index >= 15 is 0 Å². The average molecular weight is 368 g/mol. The maximum absolute atomic E-state index is 12.5. The van der Waals surface area contributed by atoms with E-state index in [0.29, 0.717) is 10.9 Å². The first-order chi connectivity index (χ1) is 9.85. The van der Waals surface area contributed by atoms with E-state index in [-0.39, 0.29) is 17.5 Å². The lowest BCUT2D eigenvalue weighted by Crippen LogP contribution is -2.32. The van der Waals surface area contributed by atoms with Gasteiger partial charge in [0.05, 0.1) is 17.8 Å². The number of nitrogens with one attached hydrogen (secondary N) is 1. The first-order valence-electron chi connectivity index (χ1n) is 6.85. The predicted octanol–water partition coefficient (Wildman–Crippen LogP) is 4.45. The van der Waals surface area contributed by atoms with Crippen molar-refractivity contribution >= 4 is 21.6 Å². The van der Waals surface area contributed by atoms with E-state index in [4.69, 9.17) is 0 Å². The van der Waals surface area contributed by atoms with Gasteiger partial charge in [-0.3, -0.25) is 0 Å². The molecule has 0 aromatic heterocycles. The second kappa shape index (κ2) is 6.87. The molecule has 2 N–H and O–H groups in total. The highest BCUT2D eigenvalue weighted by atomic mass is 79.9. The normalized spacial score (nSPS) is 23.5. The Hall–Kier alpha value is -0.950. The summed E-state index contributed by atoms with van der Waals surface area (Å²) in [6, 6.07) is 4.15. The predicted molar refractivity (Wildman–Crippen MR) is 77.3 cm³/mol. The molecule has 0 spiro atoms. The largest absolute Gasteiger partial charge is 0.573 e. The van der Waals surface area contributed by atoms with E-state index in [2.05, 4.69) is 26.0 Å². The van der Waals surface area contributed by atoms with Crippen molar-refractivity contribution in [1.82, 2.24) is 0 Å². The van der Waals surface area contributed by atoms with E-state index in [1.54, 1.807) is 6.07 Å². The fourth-order valence-electron chi connectivity index (χ4n) is 2.48. The first-order valence-corrected chi connectivity index (χ1v) is 7.64. The van der Waals surface area contributed by atoms with Gasteiger partial charge in [-0.2, -0.15) is 0 Å². The summed E-state index contributed by atoms with van der Waals surface area (Å²) in [6.45, 7) is 0. The number of rotatable bonds is 3. The molecule has 1 aliphatic carbocycles. The van der Waals surface area contributed by atoms with Gasteiger partial charge in [0.25, 0.3) is 0 Å². The van der Waals surface area contributed by atoms with Gasteiger partial charge in [-0.25, -0.2) is 0 Å². The van der Waals surface area contributed by atoms with E-state index in [9.17, 15) is 18.3 Å². The Kier molecular flexibility index (Phi) is 5.37. The monoisotopic (exact) mass is 367 g/mol. The molecule has 21 heavy (non-hydrogen) atoms. The Morgan fingerprint density at radius 3 is 2.62 bits per heavy atom. The van der Waals surface area contributed by atoms with Gasteiger partial charge in [0, 0.05) is 4.47 Å². The van der Waals surface area contributed by atoms with Crippen molar-refractivity contribution in [3.8, 4) is 5.75 Å². The zero-order valence-electron chi connectivity index (χ0n) is 11.3. The molecular weight excluding hydrogens is 351 g/mol. The molecule has 2 unspecified atom stereocenters. The number of anilines is 1. The highest BCUT2D eigenvalue weighted by Gasteiger charge is 2.33. The van der Waals surface area contributed by atoms with Gasteiger partial charge in [-0.1, -0.05) is 35.2 Å². The molecule has 7 heteroatoms. The number of halogens is 4. The second-order valence-corrected chi connectivity index (χ2v) is 6.06. The smallest absolute Gasteiger partial charge is 0.404 e. The third kappa shape index (κ3) is 5.07. The van der Waals surface area contributed by atoms with Gasteiger partial charge in [-0.15, -0.1) is 13.2 Å². The number of hydrogen-bond acceptors (Lipinski definition) is 3. The molecule has 118 valence electrons. The quantitative estimate of drug-likeness (QED) is 0.775. The van der Waals surface area contributed by atoms with Gasteiger partial charge in [0.2, 0.25) is 0 Å². The zero-order chi connectivity index (χ0) is 15.5. The summed E-state index contributed by atoms with van der Waals surface area (Å²) in [5, 5.41) is 13.0. The molecule has 0 bridgehead atoms. The van der Waals surface area contributed by atoms with E-state index in [1.807, 2.05) is 0 Å². The van der Waals surface area contributed by atoms with Crippen LogP contribution in [-0.4, -0.2) is 23.6 Å². The van der Waals surface area contributed by atoms with E-state index in [0.717, 1.165) is 25.7 Å². The maximum atomic E-state index is 12.5. The van der Waals surface area contributed by atoms with Gasteiger partial charge in [0.1, 0.15) is 0 Å². The fraction of sp³-hybridized carbons (Fsp3) is 0.571. The molecule has 0 amide bonds. The molecule has 0 saturated heterocycles. The Morgan fingerprint density at radius 1 is 1.19 bits per heavy atom. The number of aliphatic hydroxyl groups is 1. The molecular formula is C14H17BrF3NO2. The molecule has 2 rings (SSSR count). The van der Waals surface area contributed by atoms with Crippen LogP contribution >= 0.6 is 15.9 Å². The van der Waals surface area contributed by atoms with Crippen LogP contribution in [0.1, 0.15) is 32.1 Å². The van der Waals surface area contributed by atoms with Crippen molar-refractivity contribution in [3.63, 3.8) is 0 Å². The van der Waals surface area contributed by atoms with Crippen LogP contribution in [0.15, 0.2) is 22.7 Å². The van der Waals surface area contributed by atoms with Crippen molar-refractivity contribution in [2.24, 2.45) is 0 Å². The Labute approximate surface area is 129 Å². The summed E-state index contributed by atoms with van der Waals surface area (Å²) in [5.41, 5.74) is 0.237. The number of aliphatic hydroxyl groups excluding tert-OH is 1. The molecule has 0 radical (unpaired) electrons. The Balaban J connectivity index is 2.18. The standard InChI is InChI=1S/C14H17BrF3NO2/c15-9-6-7-11(13(8-9)21-14(16,17)18)19-10-4-2-1-3-5-12(10)20/h6-8,10,12,19-20H,1-5H2. The minimum atomic E-state index is -4.75. The van der Waals surface area contributed by atoms with Gasteiger partial charge in [-0.05, 0) is 31.0 Å². The summed E-state index contributed by atoms with van der Waals surface area (Å²) in [7, 11) is 0. The third-order valence-corrected chi connectivity index (χ3v) is 3.98. The minimum Gasteiger partial charge on any atom is -0.404 e. The number of benzene rings is 1. The highest BCUT2D eigenvalue weighted by molar-refractivity contribution is 9.10. The highest BCUT2D eigenvalue weighted by Crippen LogP contribution is 2.34. The van der Waals surface area contributed by atoms with Crippen LogP contribution in [0.3, 0.4) is 0 Å². The van der Waals surface area contributed by atoms with Crippen LogP contribution in [0.5, 0.6) is 5.75 Å². The van der Waals surface area contributed by atoms with Crippen LogP contribution in [0.2, 0.25) is 0 Å². The molecule has 1 saturated carbocycles. The molecule has 1 aliphatic rings. The van der Waals surface area contributed by atoms with Crippen LogP contribution in [0.25, 0.3) is 0 Å². The molecule has 3 nitrogen and oxygen atoms in total. The zero-order valence-corrected chi connectivity index (χ0v) is 12.9. The molecule has 1 aromatic carbocycles. The minimum absolute atomic E-state index is 0.237. The molecule has 0 aliphatic heterocycles. The molecule has 2 atom stereocenters. The van der Waals surface area contributed by atoms with Crippen molar-refractivity contribution < 1.29 is 23.0 Å². The van der Waals surface area contributed by atoms with Crippen molar-refractivity contribution in [2.45, 2.75) is 50.6 Å². The van der Waals surface area contributed by atoms with Crippen LogP contribution in [0, 0.1) is 0 Å². The maximum Gasteiger partial charge on any atom is 0.573 e. The fourth-order valence-corrected chi connectivity index (χ4v) is 2.82. The summed E-state index contributed by atoms with van der Waals surface area (Å²) >= 11 is 3.13. The SMILES string of the molecule is OC1CCCCCC1Nc1ccc(Br)cc1OC(F)(F)F. The average Bonchev–Trinajstić information content (AvgIpc) is 2.56. The van der Waals surface area contributed by atoms with E-state index < -0.39 is 12.5 Å². The third-order valence-electron chi connectivity index (χ3n) is 3.49. The summed E-state index contributed by atoms with van der Waals surface area (Å²) in [6.07, 6.45) is -1.02. The van der Waals surface area contributed by atoms with Crippen molar-refractivity contribution in [3.05, 3.63) is 22.7 Å². The molecule has 0 heterocycles. The van der Waals surface area contributed by atoms with Crippen LogP contribution in [0.4, 0.5) is 18.9 Å².